The highest BCUT2D eigenvalue weighted by atomic mass is 35.5. The van der Waals surface area contributed by atoms with Gasteiger partial charge in [0.25, 0.3) is 0 Å². The first kappa shape index (κ1) is 19.1. The lowest BCUT2D eigenvalue weighted by atomic mass is 10.1. The number of anilines is 1. The van der Waals surface area contributed by atoms with E-state index in [1.54, 1.807) is 0 Å². The maximum atomic E-state index is 12.1. The first-order chi connectivity index (χ1) is 10.2. The molecule has 0 bridgehead atoms. The monoisotopic (exact) mass is 344 g/mol. The molecule has 0 aromatic heterocycles. The Bertz CT molecular complexity index is 479. The van der Waals surface area contributed by atoms with E-state index in [1.807, 2.05) is 36.9 Å². The van der Waals surface area contributed by atoms with Crippen molar-refractivity contribution in [2.75, 3.05) is 30.0 Å². The lowest BCUT2D eigenvalue weighted by Gasteiger charge is -2.22. The number of halogens is 1. The van der Waals surface area contributed by atoms with E-state index in [-0.39, 0.29) is 24.4 Å². The maximum Gasteiger partial charge on any atom is 0.225 e. The SMILES string of the molecule is CCCOc1ccc(NC(=O)CC2CSCCN2)c(C)c1.Cl. The second-order valence-corrected chi connectivity index (χ2v) is 6.45. The standard InChI is InChI=1S/C16H24N2O2S.ClH/c1-3-7-20-14-4-5-15(12(2)9-14)18-16(19)10-13-11-21-8-6-17-13;/h4-5,9,13,17H,3,6-8,10-11H2,1-2H3,(H,18,19);1H. The minimum Gasteiger partial charge on any atom is -0.494 e. The van der Waals surface area contributed by atoms with Crippen molar-refractivity contribution in [3.63, 3.8) is 0 Å². The van der Waals surface area contributed by atoms with Gasteiger partial charge >= 0.3 is 0 Å². The molecule has 2 rings (SSSR count). The first-order valence-electron chi connectivity index (χ1n) is 7.53. The number of thioether (sulfide) groups is 1. The molecule has 4 nitrogen and oxygen atoms in total. The molecule has 0 aliphatic carbocycles. The van der Waals surface area contributed by atoms with Crippen molar-refractivity contribution in [1.29, 1.82) is 0 Å². The topological polar surface area (TPSA) is 50.4 Å². The van der Waals surface area contributed by atoms with Gasteiger partial charge in [0.2, 0.25) is 5.91 Å². The molecule has 1 aromatic carbocycles. The number of ether oxygens (including phenoxy) is 1. The molecule has 6 heteroatoms. The van der Waals surface area contributed by atoms with Gasteiger partial charge < -0.3 is 15.4 Å². The lowest BCUT2D eigenvalue weighted by molar-refractivity contribution is -0.116. The van der Waals surface area contributed by atoms with E-state index in [0.29, 0.717) is 6.42 Å². The molecular weight excluding hydrogens is 320 g/mol. The fourth-order valence-corrected chi connectivity index (χ4v) is 3.21. The average molecular weight is 345 g/mol. The summed E-state index contributed by atoms with van der Waals surface area (Å²) in [5, 5.41) is 6.38. The van der Waals surface area contributed by atoms with Crippen LogP contribution >= 0.6 is 24.2 Å². The third-order valence-electron chi connectivity index (χ3n) is 3.38. The van der Waals surface area contributed by atoms with Gasteiger partial charge in [-0.3, -0.25) is 4.79 Å². The minimum atomic E-state index is 0. The lowest BCUT2D eigenvalue weighted by Crippen LogP contribution is -2.39. The van der Waals surface area contributed by atoms with Crippen LogP contribution in [0.25, 0.3) is 0 Å². The molecule has 1 unspecified atom stereocenters. The van der Waals surface area contributed by atoms with Gasteiger partial charge in [-0.25, -0.2) is 0 Å². The van der Waals surface area contributed by atoms with Crippen molar-refractivity contribution in [2.24, 2.45) is 0 Å². The Labute approximate surface area is 143 Å². The molecule has 1 amide bonds. The van der Waals surface area contributed by atoms with E-state index in [1.165, 1.54) is 0 Å². The quantitative estimate of drug-likeness (QED) is 0.831. The number of hydrogen-bond donors (Lipinski definition) is 2. The summed E-state index contributed by atoms with van der Waals surface area (Å²) in [4.78, 5) is 12.1. The van der Waals surface area contributed by atoms with E-state index in [4.69, 9.17) is 4.74 Å². The normalized spacial score (nSPS) is 17.5. The minimum absolute atomic E-state index is 0. The molecule has 0 spiro atoms. The molecule has 1 aliphatic rings. The Hall–Kier alpha value is -0.910. The highest BCUT2D eigenvalue weighted by molar-refractivity contribution is 7.99. The van der Waals surface area contributed by atoms with Crippen molar-refractivity contribution < 1.29 is 9.53 Å². The van der Waals surface area contributed by atoms with Crippen LogP contribution in [0.2, 0.25) is 0 Å². The van der Waals surface area contributed by atoms with Crippen LogP contribution in [-0.4, -0.2) is 36.6 Å². The number of carbonyl (C=O) groups excluding carboxylic acids is 1. The molecule has 1 aliphatic heterocycles. The van der Waals surface area contributed by atoms with Crippen LogP contribution in [0, 0.1) is 6.92 Å². The van der Waals surface area contributed by atoms with Gasteiger partial charge in [0.15, 0.2) is 0 Å². The van der Waals surface area contributed by atoms with E-state index < -0.39 is 0 Å². The molecule has 1 aromatic rings. The van der Waals surface area contributed by atoms with Crippen molar-refractivity contribution in [3.8, 4) is 5.75 Å². The number of aryl methyl sites for hydroxylation is 1. The summed E-state index contributed by atoms with van der Waals surface area (Å²) in [5.74, 6) is 3.07. The van der Waals surface area contributed by atoms with Crippen LogP contribution in [0.5, 0.6) is 5.75 Å². The predicted molar refractivity (Wildman–Crippen MR) is 96.6 cm³/mol. The summed E-state index contributed by atoms with van der Waals surface area (Å²) in [6, 6.07) is 6.09. The Morgan fingerprint density at radius 3 is 2.95 bits per heavy atom. The summed E-state index contributed by atoms with van der Waals surface area (Å²) >= 11 is 1.90. The largest absolute Gasteiger partial charge is 0.494 e. The second kappa shape index (κ2) is 9.98. The van der Waals surface area contributed by atoms with E-state index in [9.17, 15) is 4.79 Å². The molecule has 1 atom stereocenters. The Kier molecular flexibility index (Phi) is 8.68. The molecule has 124 valence electrons. The third kappa shape index (κ3) is 6.07. The van der Waals surface area contributed by atoms with Crippen molar-refractivity contribution in [2.45, 2.75) is 32.7 Å². The highest BCUT2D eigenvalue weighted by Gasteiger charge is 2.17. The molecule has 1 fully saturated rings. The zero-order chi connectivity index (χ0) is 15.1. The van der Waals surface area contributed by atoms with Crippen LogP contribution in [0.4, 0.5) is 5.69 Å². The van der Waals surface area contributed by atoms with Crippen LogP contribution in [0.15, 0.2) is 18.2 Å². The third-order valence-corrected chi connectivity index (χ3v) is 4.51. The van der Waals surface area contributed by atoms with Crippen LogP contribution in [0.1, 0.15) is 25.3 Å². The van der Waals surface area contributed by atoms with Gasteiger partial charge in [0.05, 0.1) is 6.61 Å². The summed E-state index contributed by atoms with van der Waals surface area (Å²) in [6.07, 6.45) is 1.52. The Morgan fingerprint density at radius 2 is 2.32 bits per heavy atom. The van der Waals surface area contributed by atoms with Crippen molar-refractivity contribution in [1.82, 2.24) is 5.32 Å². The Balaban J connectivity index is 0.00000242. The van der Waals surface area contributed by atoms with Crippen LogP contribution < -0.4 is 15.4 Å². The molecule has 1 saturated heterocycles. The molecule has 0 saturated carbocycles. The number of benzene rings is 1. The number of nitrogens with one attached hydrogen (secondary N) is 2. The zero-order valence-corrected chi connectivity index (χ0v) is 14.8. The summed E-state index contributed by atoms with van der Waals surface area (Å²) in [6.45, 7) is 5.78. The van der Waals surface area contributed by atoms with Gasteiger partial charge in [0, 0.05) is 36.2 Å². The van der Waals surface area contributed by atoms with Crippen molar-refractivity contribution >= 4 is 35.8 Å². The van der Waals surface area contributed by atoms with Gasteiger partial charge in [-0.2, -0.15) is 11.8 Å². The van der Waals surface area contributed by atoms with E-state index >= 15 is 0 Å². The fourth-order valence-electron chi connectivity index (χ4n) is 2.26. The van der Waals surface area contributed by atoms with Crippen LogP contribution in [0.3, 0.4) is 0 Å². The number of hydrogen-bond acceptors (Lipinski definition) is 4. The average Bonchev–Trinajstić information content (AvgIpc) is 2.48. The fraction of sp³-hybridized carbons (Fsp3) is 0.562. The van der Waals surface area contributed by atoms with Gasteiger partial charge in [-0.05, 0) is 37.1 Å². The van der Waals surface area contributed by atoms with E-state index in [0.717, 1.165) is 48.1 Å². The Morgan fingerprint density at radius 1 is 1.50 bits per heavy atom. The second-order valence-electron chi connectivity index (χ2n) is 5.30. The van der Waals surface area contributed by atoms with Gasteiger partial charge in [0.1, 0.15) is 5.75 Å². The summed E-state index contributed by atoms with van der Waals surface area (Å²) < 4.78 is 5.59. The summed E-state index contributed by atoms with van der Waals surface area (Å²) in [7, 11) is 0. The van der Waals surface area contributed by atoms with Crippen molar-refractivity contribution in [3.05, 3.63) is 23.8 Å². The zero-order valence-electron chi connectivity index (χ0n) is 13.2. The number of carbonyl (C=O) groups is 1. The molecule has 2 N–H and O–H groups in total. The van der Waals surface area contributed by atoms with E-state index in [2.05, 4.69) is 17.6 Å². The molecular formula is C16H25ClN2O2S. The molecule has 0 radical (unpaired) electrons. The smallest absolute Gasteiger partial charge is 0.225 e. The molecule has 1 heterocycles. The van der Waals surface area contributed by atoms with Gasteiger partial charge in [-0.1, -0.05) is 6.92 Å². The highest BCUT2D eigenvalue weighted by Crippen LogP contribution is 2.22. The summed E-state index contributed by atoms with van der Waals surface area (Å²) in [5.41, 5.74) is 1.90. The van der Waals surface area contributed by atoms with Gasteiger partial charge in [-0.15, -0.1) is 12.4 Å². The maximum absolute atomic E-state index is 12.1. The predicted octanol–water partition coefficient (Wildman–Crippen LogP) is 3.24. The number of amides is 1. The first-order valence-corrected chi connectivity index (χ1v) is 8.69. The number of rotatable bonds is 6. The van der Waals surface area contributed by atoms with Crippen LogP contribution in [-0.2, 0) is 4.79 Å². The molecule has 22 heavy (non-hydrogen) atoms.